The van der Waals surface area contributed by atoms with Crippen LogP contribution < -0.4 is 15.8 Å². The van der Waals surface area contributed by atoms with Gasteiger partial charge in [0.2, 0.25) is 5.91 Å². The zero-order chi connectivity index (χ0) is 15.9. The molecule has 1 aliphatic carbocycles. The lowest BCUT2D eigenvalue weighted by molar-refractivity contribution is -0.124. The van der Waals surface area contributed by atoms with Crippen molar-refractivity contribution < 1.29 is 14.3 Å². The van der Waals surface area contributed by atoms with E-state index in [4.69, 9.17) is 10.5 Å². The van der Waals surface area contributed by atoms with Crippen molar-refractivity contribution in [3.05, 3.63) is 24.3 Å². The number of primary amides is 1. The molecule has 1 unspecified atom stereocenters. The van der Waals surface area contributed by atoms with Gasteiger partial charge in [-0.25, -0.2) is 0 Å². The van der Waals surface area contributed by atoms with Crippen molar-refractivity contribution in [3.8, 4) is 5.75 Å². The number of hydrogen-bond acceptors (Lipinski definition) is 3. The molecule has 120 valence electrons. The number of amides is 2. The lowest BCUT2D eigenvalue weighted by atomic mass is 9.88. The number of rotatable bonds is 6. The second kappa shape index (κ2) is 7.82. The van der Waals surface area contributed by atoms with E-state index >= 15 is 0 Å². The molecule has 0 radical (unpaired) electrons. The average Bonchev–Trinajstić information content (AvgIpc) is 2.54. The lowest BCUT2D eigenvalue weighted by Crippen LogP contribution is -2.32. The SMILES string of the molecule is CCC(Oc1ccc(NC(=O)C2CCCCC2)cc1)C(N)=O. The first kappa shape index (κ1) is 16.3. The van der Waals surface area contributed by atoms with Crippen molar-refractivity contribution >= 4 is 17.5 Å². The Bertz CT molecular complexity index is 507. The summed E-state index contributed by atoms with van der Waals surface area (Å²) in [6.07, 6.45) is 5.35. The van der Waals surface area contributed by atoms with Crippen LogP contribution in [0.2, 0.25) is 0 Å². The summed E-state index contributed by atoms with van der Waals surface area (Å²) >= 11 is 0. The Labute approximate surface area is 131 Å². The molecule has 0 spiro atoms. The molecule has 1 aromatic carbocycles. The van der Waals surface area contributed by atoms with E-state index < -0.39 is 12.0 Å². The summed E-state index contributed by atoms with van der Waals surface area (Å²) in [5, 5.41) is 2.94. The molecule has 0 saturated heterocycles. The molecule has 1 atom stereocenters. The van der Waals surface area contributed by atoms with Gasteiger partial charge in [-0.15, -0.1) is 0 Å². The van der Waals surface area contributed by atoms with E-state index in [1.807, 2.05) is 6.92 Å². The molecule has 1 aliphatic rings. The van der Waals surface area contributed by atoms with Crippen molar-refractivity contribution in [1.82, 2.24) is 0 Å². The predicted molar refractivity (Wildman–Crippen MR) is 85.5 cm³/mol. The van der Waals surface area contributed by atoms with E-state index in [0.29, 0.717) is 12.2 Å². The highest BCUT2D eigenvalue weighted by Gasteiger charge is 2.21. The molecule has 1 saturated carbocycles. The molecular formula is C17H24N2O3. The maximum atomic E-state index is 12.2. The van der Waals surface area contributed by atoms with E-state index in [2.05, 4.69) is 5.32 Å². The van der Waals surface area contributed by atoms with Gasteiger partial charge < -0.3 is 15.8 Å². The lowest BCUT2D eigenvalue weighted by Gasteiger charge is -2.21. The average molecular weight is 304 g/mol. The number of carbonyl (C=O) groups excluding carboxylic acids is 2. The van der Waals surface area contributed by atoms with Gasteiger partial charge in [-0.2, -0.15) is 0 Å². The van der Waals surface area contributed by atoms with Crippen molar-refractivity contribution in [3.63, 3.8) is 0 Å². The monoisotopic (exact) mass is 304 g/mol. The quantitative estimate of drug-likeness (QED) is 0.848. The van der Waals surface area contributed by atoms with Crippen LogP contribution in [0.4, 0.5) is 5.69 Å². The molecule has 2 amide bonds. The normalized spacial score (nSPS) is 16.8. The van der Waals surface area contributed by atoms with Gasteiger partial charge in [0.1, 0.15) is 5.75 Å². The van der Waals surface area contributed by atoms with Crippen molar-refractivity contribution in [2.75, 3.05) is 5.32 Å². The van der Waals surface area contributed by atoms with Crippen LogP contribution in [0.1, 0.15) is 45.4 Å². The van der Waals surface area contributed by atoms with E-state index in [1.54, 1.807) is 24.3 Å². The molecule has 0 bridgehead atoms. The van der Waals surface area contributed by atoms with Crippen LogP contribution in [0.15, 0.2) is 24.3 Å². The number of carbonyl (C=O) groups is 2. The second-order valence-corrected chi connectivity index (χ2v) is 5.77. The van der Waals surface area contributed by atoms with Gasteiger partial charge in [0.25, 0.3) is 5.91 Å². The highest BCUT2D eigenvalue weighted by atomic mass is 16.5. The summed E-state index contributed by atoms with van der Waals surface area (Å²) in [6, 6.07) is 7.04. The van der Waals surface area contributed by atoms with Crippen LogP contribution >= 0.6 is 0 Å². The maximum Gasteiger partial charge on any atom is 0.258 e. The smallest absolute Gasteiger partial charge is 0.258 e. The van der Waals surface area contributed by atoms with Gasteiger partial charge in [-0.1, -0.05) is 26.2 Å². The molecule has 0 aliphatic heterocycles. The second-order valence-electron chi connectivity index (χ2n) is 5.77. The Morgan fingerprint density at radius 1 is 1.23 bits per heavy atom. The predicted octanol–water partition coefficient (Wildman–Crippen LogP) is 2.85. The Hall–Kier alpha value is -2.04. The summed E-state index contributed by atoms with van der Waals surface area (Å²) in [5.41, 5.74) is 6.00. The Morgan fingerprint density at radius 3 is 2.41 bits per heavy atom. The van der Waals surface area contributed by atoms with Crippen LogP contribution in [-0.2, 0) is 9.59 Å². The Balaban J connectivity index is 1.91. The molecule has 3 N–H and O–H groups in total. The van der Waals surface area contributed by atoms with Crippen LogP contribution in [0.25, 0.3) is 0 Å². The van der Waals surface area contributed by atoms with Gasteiger partial charge in [0.05, 0.1) is 0 Å². The third kappa shape index (κ3) is 4.48. The van der Waals surface area contributed by atoms with Gasteiger partial charge in [0, 0.05) is 11.6 Å². The number of anilines is 1. The molecule has 1 fully saturated rings. The highest BCUT2D eigenvalue weighted by molar-refractivity contribution is 5.92. The number of nitrogens with two attached hydrogens (primary N) is 1. The molecule has 1 aromatic rings. The summed E-state index contributed by atoms with van der Waals surface area (Å²) in [4.78, 5) is 23.3. The van der Waals surface area contributed by atoms with E-state index in [1.165, 1.54) is 6.42 Å². The van der Waals surface area contributed by atoms with Crippen LogP contribution in [0.3, 0.4) is 0 Å². The fourth-order valence-electron chi connectivity index (χ4n) is 2.73. The standard InChI is InChI=1S/C17H24N2O3/c1-2-15(16(18)20)22-14-10-8-13(9-11-14)19-17(21)12-6-4-3-5-7-12/h8-12,15H,2-7H2,1H3,(H2,18,20)(H,19,21). The molecule has 22 heavy (non-hydrogen) atoms. The molecule has 5 nitrogen and oxygen atoms in total. The van der Waals surface area contributed by atoms with Crippen molar-refractivity contribution in [1.29, 1.82) is 0 Å². The number of benzene rings is 1. The zero-order valence-electron chi connectivity index (χ0n) is 13.0. The fraction of sp³-hybridized carbons (Fsp3) is 0.529. The van der Waals surface area contributed by atoms with Crippen molar-refractivity contribution in [2.24, 2.45) is 11.7 Å². The molecule has 0 heterocycles. The van der Waals surface area contributed by atoms with Crippen LogP contribution in [0.5, 0.6) is 5.75 Å². The van der Waals surface area contributed by atoms with E-state index in [9.17, 15) is 9.59 Å². The first-order valence-electron chi connectivity index (χ1n) is 7.97. The molecule has 5 heteroatoms. The minimum Gasteiger partial charge on any atom is -0.481 e. The number of hydrogen-bond donors (Lipinski definition) is 2. The topological polar surface area (TPSA) is 81.4 Å². The molecule has 2 rings (SSSR count). The first-order chi connectivity index (χ1) is 10.6. The van der Waals surface area contributed by atoms with Gasteiger partial charge >= 0.3 is 0 Å². The minimum atomic E-state index is -0.623. The maximum absolute atomic E-state index is 12.2. The first-order valence-corrected chi connectivity index (χ1v) is 7.97. The Kier molecular flexibility index (Phi) is 5.81. The van der Waals surface area contributed by atoms with E-state index in [0.717, 1.165) is 31.4 Å². The van der Waals surface area contributed by atoms with Gasteiger partial charge in [-0.05, 0) is 43.5 Å². The fourth-order valence-corrected chi connectivity index (χ4v) is 2.73. The number of nitrogens with one attached hydrogen (secondary N) is 1. The van der Waals surface area contributed by atoms with E-state index in [-0.39, 0.29) is 11.8 Å². The van der Waals surface area contributed by atoms with Crippen LogP contribution in [-0.4, -0.2) is 17.9 Å². The zero-order valence-corrected chi connectivity index (χ0v) is 13.0. The van der Waals surface area contributed by atoms with Gasteiger partial charge in [-0.3, -0.25) is 9.59 Å². The number of ether oxygens (including phenoxy) is 1. The third-order valence-corrected chi connectivity index (χ3v) is 4.06. The summed E-state index contributed by atoms with van der Waals surface area (Å²) < 4.78 is 5.51. The van der Waals surface area contributed by atoms with Gasteiger partial charge in [0.15, 0.2) is 6.10 Å². The highest BCUT2D eigenvalue weighted by Crippen LogP contribution is 2.25. The van der Waals surface area contributed by atoms with Crippen LogP contribution in [0, 0.1) is 5.92 Å². The third-order valence-electron chi connectivity index (χ3n) is 4.06. The molecule has 0 aromatic heterocycles. The van der Waals surface area contributed by atoms with Crippen molar-refractivity contribution in [2.45, 2.75) is 51.6 Å². The Morgan fingerprint density at radius 2 is 1.86 bits per heavy atom. The summed E-state index contributed by atoms with van der Waals surface area (Å²) in [7, 11) is 0. The largest absolute Gasteiger partial charge is 0.481 e. The minimum absolute atomic E-state index is 0.0944. The summed E-state index contributed by atoms with van der Waals surface area (Å²) in [5.74, 6) is 0.319. The molecular weight excluding hydrogens is 280 g/mol. The summed E-state index contributed by atoms with van der Waals surface area (Å²) in [6.45, 7) is 1.84.